The average Bonchev–Trinajstić information content (AvgIpc) is 2.19. The number of esters is 1. The lowest BCUT2D eigenvalue weighted by molar-refractivity contribution is -0.143. The molecule has 1 rings (SSSR count). The largest absolute Gasteiger partial charge is 0.466 e. The maximum Gasteiger partial charge on any atom is 0.418 e. The van der Waals surface area contributed by atoms with Gasteiger partial charge in [0.15, 0.2) is 0 Å². The van der Waals surface area contributed by atoms with E-state index in [2.05, 4.69) is 9.72 Å². The van der Waals surface area contributed by atoms with E-state index in [0.29, 0.717) is 12.4 Å². The number of carbonyl (C=O) groups excluding carboxylic acids is 1. The van der Waals surface area contributed by atoms with Crippen LogP contribution in [-0.2, 0) is 22.1 Å². The molecule has 0 aliphatic rings. The van der Waals surface area contributed by atoms with Gasteiger partial charge >= 0.3 is 12.1 Å². The number of hydrogen-bond acceptors (Lipinski definition) is 3. The zero-order valence-electron chi connectivity index (χ0n) is 8.84. The van der Waals surface area contributed by atoms with E-state index >= 15 is 0 Å². The summed E-state index contributed by atoms with van der Waals surface area (Å²) in [6, 6.07) is 0. The molecular weight excluding hydrogens is 242 g/mol. The smallest absolute Gasteiger partial charge is 0.418 e. The van der Waals surface area contributed by atoms with Crippen LogP contribution in [0.25, 0.3) is 0 Å². The highest BCUT2D eigenvalue weighted by atomic mass is 19.4. The van der Waals surface area contributed by atoms with E-state index < -0.39 is 35.5 Å². The Morgan fingerprint density at radius 1 is 1.41 bits per heavy atom. The van der Waals surface area contributed by atoms with Gasteiger partial charge in [-0.1, -0.05) is 0 Å². The van der Waals surface area contributed by atoms with Gasteiger partial charge in [-0.3, -0.25) is 9.78 Å². The molecule has 17 heavy (non-hydrogen) atoms. The molecule has 0 spiro atoms. The van der Waals surface area contributed by atoms with Crippen LogP contribution in [0, 0.1) is 5.82 Å². The van der Waals surface area contributed by atoms with Gasteiger partial charge in [-0.25, -0.2) is 4.39 Å². The Morgan fingerprint density at radius 2 is 2.06 bits per heavy atom. The standard InChI is InChI=1S/C10H9F4NO2/c1-2-17-9(16)3-6-7(10(12,13)14)4-15-5-8(6)11/h4-5H,2-3H2,1H3. The number of halogens is 4. The van der Waals surface area contributed by atoms with Gasteiger partial charge in [0.1, 0.15) is 5.82 Å². The Morgan fingerprint density at radius 3 is 2.59 bits per heavy atom. The Hall–Kier alpha value is -1.66. The molecule has 0 fully saturated rings. The molecule has 0 saturated heterocycles. The van der Waals surface area contributed by atoms with Crippen molar-refractivity contribution in [3.8, 4) is 0 Å². The highest BCUT2D eigenvalue weighted by Gasteiger charge is 2.35. The summed E-state index contributed by atoms with van der Waals surface area (Å²) in [6.07, 6.45) is -4.41. The first kappa shape index (κ1) is 13.4. The van der Waals surface area contributed by atoms with Gasteiger partial charge in [-0.15, -0.1) is 0 Å². The Balaban J connectivity index is 3.09. The van der Waals surface area contributed by atoms with E-state index in [1.807, 2.05) is 0 Å². The second-order valence-electron chi connectivity index (χ2n) is 3.13. The molecule has 0 unspecified atom stereocenters. The molecular formula is C10H9F4NO2. The summed E-state index contributed by atoms with van der Waals surface area (Å²) in [5.74, 6) is -2.09. The molecule has 0 aliphatic carbocycles. The number of nitrogens with zero attached hydrogens (tertiary/aromatic N) is 1. The van der Waals surface area contributed by atoms with Crippen LogP contribution in [0.1, 0.15) is 18.1 Å². The van der Waals surface area contributed by atoms with Gasteiger partial charge in [0, 0.05) is 11.8 Å². The van der Waals surface area contributed by atoms with Crippen LogP contribution >= 0.6 is 0 Å². The first-order chi connectivity index (χ1) is 7.86. The summed E-state index contributed by atoms with van der Waals surface area (Å²) in [5.41, 5.74) is -2.00. The van der Waals surface area contributed by atoms with E-state index in [9.17, 15) is 22.4 Å². The van der Waals surface area contributed by atoms with E-state index in [4.69, 9.17) is 0 Å². The molecule has 0 bridgehead atoms. The predicted octanol–water partition coefficient (Wildman–Crippen LogP) is 2.35. The number of aromatic nitrogens is 1. The zero-order valence-corrected chi connectivity index (χ0v) is 8.84. The fourth-order valence-electron chi connectivity index (χ4n) is 1.24. The van der Waals surface area contributed by atoms with Crippen LogP contribution < -0.4 is 0 Å². The Bertz CT molecular complexity index is 417. The summed E-state index contributed by atoms with van der Waals surface area (Å²) in [5, 5.41) is 0. The van der Waals surface area contributed by atoms with Crippen molar-refractivity contribution in [1.29, 1.82) is 0 Å². The lowest BCUT2D eigenvalue weighted by Crippen LogP contribution is -2.16. The van der Waals surface area contributed by atoms with Gasteiger partial charge in [0.25, 0.3) is 0 Å². The van der Waals surface area contributed by atoms with Crippen molar-refractivity contribution < 1.29 is 27.1 Å². The monoisotopic (exact) mass is 251 g/mol. The fraction of sp³-hybridized carbons (Fsp3) is 0.400. The van der Waals surface area contributed by atoms with Crippen molar-refractivity contribution in [1.82, 2.24) is 4.98 Å². The molecule has 0 atom stereocenters. The van der Waals surface area contributed by atoms with Crippen molar-refractivity contribution in [3.05, 3.63) is 29.3 Å². The number of carbonyl (C=O) groups is 1. The van der Waals surface area contributed by atoms with Crippen molar-refractivity contribution in [2.75, 3.05) is 6.61 Å². The fourth-order valence-corrected chi connectivity index (χ4v) is 1.24. The van der Waals surface area contributed by atoms with E-state index in [-0.39, 0.29) is 6.61 Å². The summed E-state index contributed by atoms with van der Waals surface area (Å²) in [6.45, 7) is 1.53. The quantitative estimate of drug-likeness (QED) is 0.611. The maximum atomic E-state index is 13.2. The number of alkyl halides is 3. The highest BCUT2D eigenvalue weighted by molar-refractivity contribution is 5.73. The molecule has 0 aliphatic heterocycles. The first-order valence-electron chi connectivity index (χ1n) is 4.71. The maximum absolute atomic E-state index is 13.2. The van der Waals surface area contributed by atoms with Gasteiger partial charge in [-0.2, -0.15) is 13.2 Å². The SMILES string of the molecule is CCOC(=O)Cc1c(F)cncc1C(F)(F)F. The number of rotatable bonds is 3. The number of pyridine rings is 1. The van der Waals surface area contributed by atoms with Crippen molar-refractivity contribution in [2.24, 2.45) is 0 Å². The predicted molar refractivity (Wildman–Crippen MR) is 49.5 cm³/mol. The van der Waals surface area contributed by atoms with E-state index in [1.54, 1.807) is 0 Å². The normalized spacial score (nSPS) is 11.4. The van der Waals surface area contributed by atoms with Gasteiger partial charge < -0.3 is 4.74 Å². The molecule has 94 valence electrons. The Labute approximate surface area is 94.4 Å². The second-order valence-corrected chi connectivity index (χ2v) is 3.13. The van der Waals surface area contributed by atoms with Gasteiger partial charge in [0.05, 0.1) is 24.8 Å². The molecule has 7 heteroatoms. The lowest BCUT2D eigenvalue weighted by Gasteiger charge is -2.12. The molecule has 0 aromatic carbocycles. The van der Waals surface area contributed by atoms with E-state index in [0.717, 1.165) is 0 Å². The summed E-state index contributed by atoms with van der Waals surface area (Å²) < 4.78 is 55.2. The minimum absolute atomic E-state index is 0.0207. The highest BCUT2D eigenvalue weighted by Crippen LogP contribution is 2.32. The van der Waals surface area contributed by atoms with Crippen LogP contribution in [0.2, 0.25) is 0 Å². The van der Waals surface area contributed by atoms with Gasteiger partial charge in [-0.05, 0) is 6.92 Å². The topological polar surface area (TPSA) is 39.2 Å². The van der Waals surface area contributed by atoms with Gasteiger partial charge in [0.2, 0.25) is 0 Å². The number of ether oxygens (including phenoxy) is 1. The number of hydrogen-bond donors (Lipinski definition) is 0. The molecule has 0 amide bonds. The molecule has 0 saturated carbocycles. The Kier molecular flexibility index (Phi) is 4.03. The lowest BCUT2D eigenvalue weighted by atomic mass is 10.1. The van der Waals surface area contributed by atoms with Crippen LogP contribution in [0.3, 0.4) is 0 Å². The zero-order chi connectivity index (χ0) is 13.1. The summed E-state index contributed by atoms with van der Waals surface area (Å²) >= 11 is 0. The molecule has 3 nitrogen and oxygen atoms in total. The first-order valence-corrected chi connectivity index (χ1v) is 4.71. The second kappa shape index (κ2) is 5.11. The van der Waals surface area contributed by atoms with Crippen molar-refractivity contribution in [3.63, 3.8) is 0 Å². The molecule has 0 radical (unpaired) electrons. The van der Waals surface area contributed by atoms with Crippen LogP contribution in [0.15, 0.2) is 12.4 Å². The molecule has 0 N–H and O–H groups in total. The van der Waals surface area contributed by atoms with Crippen molar-refractivity contribution in [2.45, 2.75) is 19.5 Å². The summed E-state index contributed by atoms with van der Waals surface area (Å²) in [7, 11) is 0. The molecule has 1 aromatic heterocycles. The van der Waals surface area contributed by atoms with Crippen molar-refractivity contribution >= 4 is 5.97 Å². The third kappa shape index (κ3) is 3.40. The van der Waals surface area contributed by atoms with Crippen LogP contribution in [0.5, 0.6) is 0 Å². The molecule has 1 aromatic rings. The third-order valence-electron chi connectivity index (χ3n) is 1.94. The third-order valence-corrected chi connectivity index (χ3v) is 1.94. The average molecular weight is 251 g/mol. The summed E-state index contributed by atoms with van der Waals surface area (Å²) in [4.78, 5) is 14.2. The van der Waals surface area contributed by atoms with E-state index in [1.165, 1.54) is 6.92 Å². The minimum atomic E-state index is -4.75. The molecule has 1 heterocycles. The minimum Gasteiger partial charge on any atom is -0.466 e. The van der Waals surface area contributed by atoms with Crippen LogP contribution in [-0.4, -0.2) is 17.6 Å². The van der Waals surface area contributed by atoms with Crippen LogP contribution in [0.4, 0.5) is 17.6 Å².